The molecule has 0 spiro atoms. The van der Waals surface area contributed by atoms with Crippen LogP contribution in [0, 0.1) is 23.1 Å². The molecule has 0 radical (unpaired) electrons. The summed E-state index contributed by atoms with van der Waals surface area (Å²) in [6, 6.07) is 13.9. The second-order valence-electron chi connectivity index (χ2n) is 8.60. The second-order valence-corrected chi connectivity index (χ2v) is 11.5. The highest BCUT2D eigenvalue weighted by atomic mass is 32.2. The molecule has 3 atom stereocenters. The van der Waals surface area contributed by atoms with Gasteiger partial charge in [0, 0.05) is 36.5 Å². The summed E-state index contributed by atoms with van der Waals surface area (Å²) in [5.74, 6) is 0.0174. The third kappa shape index (κ3) is 4.56. The molecule has 0 aliphatic carbocycles. The molecule has 0 amide bonds. The highest BCUT2D eigenvalue weighted by Crippen LogP contribution is 2.45. The second kappa shape index (κ2) is 9.41. The number of likely N-dealkylation sites (tertiary alicyclic amines) is 1. The summed E-state index contributed by atoms with van der Waals surface area (Å²) in [6.45, 7) is 1.19. The SMILES string of the molecule is N#C[C@H]1CCN([C@H]2CCOc3cc(S(=O)(=O)Cc4ncns4)ccc32)C(c2ccc(F)cc2)C1. The quantitative estimate of drug-likeness (QED) is 0.513. The van der Waals surface area contributed by atoms with Crippen LogP contribution in [0.1, 0.15) is 47.5 Å². The fourth-order valence-electron chi connectivity index (χ4n) is 4.88. The molecule has 2 aliphatic heterocycles. The summed E-state index contributed by atoms with van der Waals surface area (Å²) in [5, 5.41) is 9.98. The molecule has 2 aromatic carbocycles. The standard InChI is InChI=1S/C24H23FN4O3S2/c25-18-3-1-17(2-4-18)22-11-16(13-26)7-9-29(22)21-8-10-32-23-12-19(5-6-20(21)23)34(30,31)14-24-27-15-28-33-24/h1-6,12,15-16,21-22H,7-11,14H2/t16-,21-,22?/m0/s1. The van der Waals surface area contributed by atoms with Crippen molar-refractivity contribution in [3.05, 3.63) is 70.7 Å². The van der Waals surface area contributed by atoms with E-state index in [1.54, 1.807) is 24.3 Å². The minimum absolute atomic E-state index is 0.0124. The molecule has 3 heterocycles. The first-order chi connectivity index (χ1) is 16.4. The van der Waals surface area contributed by atoms with Crippen LogP contribution in [0.2, 0.25) is 0 Å². The van der Waals surface area contributed by atoms with Crippen LogP contribution in [0.5, 0.6) is 5.75 Å². The lowest BCUT2D eigenvalue weighted by Crippen LogP contribution is -2.41. The van der Waals surface area contributed by atoms with Gasteiger partial charge in [0.2, 0.25) is 0 Å². The highest BCUT2D eigenvalue weighted by Gasteiger charge is 2.37. The van der Waals surface area contributed by atoms with Gasteiger partial charge in [-0.05, 0) is 54.2 Å². The van der Waals surface area contributed by atoms with E-state index < -0.39 is 9.84 Å². The minimum Gasteiger partial charge on any atom is -0.493 e. The number of benzene rings is 2. The van der Waals surface area contributed by atoms with Crippen molar-refractivity contribution in [1.82, 2.24) is 14.3 Å². The Morgan fingerprint density at radius 1 is 1.18 bits per heavy atom. The first-order valence-electron chi connectivity index (χ1n) is 11.1. The average molecular weight is 499 g/mol. The normalized spacial score (nSPS) is 23.0. The molecule has 0 bridgehead atoms. The summed E-state index contributed by atoms with van der Waals surface area (Å²) >= 11 is 1.07. The monoisotopic (exact) mass is 498 g/mol. The van der Waals surface area contributed by atoms with Crippen LogP contribution >= 0.6 is 11.5 Å². The Hall–Kier alpha value is -2.87. The van der Waals surface area contributed by atoms with Gasteiger partial charge in [0.25, 0.3) is 0 Å². The Morgan fingerprint density at radius 2 is 2.00 bits per heavy atom. The summed E-state index contributed by atoms with van der Waals surface area (Å²) in [6.07, 6.45) is 3.53. The predicted octanol–water partition coefficient (Wildman–Crippen LogP) is 4.45. The number of nitriles is 1. The number of rotatable bonds is 5. The van der Waals surface area contributed by atoms with Crippen LogP contribution in [-0.4, -0.2) is 35.8 Å². The Kier molecular flexibility index (Phi) is 6.34. The summed E-state index contributed by atoms with van der Waals surface area (Å²) in [5.41, 5.74) is 1.91. The van der Waals surface area contributed by atoms with Crippen LogP contribution in [0.4, 0.5) is 4.39 Å². The van der Waals surface area contributed by atoms with Crippen molar-refractivity contribution in [3.63, 3.8) is 0 Å². The van der Waals surface area contributed by atoms with Crippen molar-refractivity contribution >= 4 is 21.4 Å². The molecule has 176 valence electrons. The number of ether oxygens (including phenoxy) is 1. The number of nitrogens with zero attached hydrogens (tertiary/aromatic N) is 4. The van der Waals surface area contributed by atoms with E-state index in [0.717, 1.165) is 42.0 Å². The Labute approximate surface area is 201 Å². The zero-order valence-electron chi connectivity index (χ0n) is 18.3. The predicted molar refractivity (Wildman–Crippen MR) is 124 cm³/mol. The largest absolute Gasteiger partial charge is 0.493 e. The maximum Gasteiger partial charge on any atom is 0.185 e. The summed E-state index contributed by atoms with van der Waals surface area (Å²) < 4.78 is 49.2. The van der Waals surface area contributed by atoms with E-state index in [2.05, 4.69) is 20.3 Å². The average Bonchev–Trinajstić information content (AvgIpc) is 3.36. The Morgan fingerprint density at radius 3 is 2.74 bits per heavy atom. The molecule has 34 heavy (non-hydrogen) atoms. The van der Waals surface area contributed by atoms with Crippen molar-refractivity contribution in [2.45, 2.75) is 42.0 Å². The maximum absolute atomic E-state index is 13.6. The summed E-state index contributed by atoms with van der Waals surface area (Å²) in [7, 11) is -3.58. The van der Waals surface area contributed by atoms with Crippen molar-refractivity contribution < 1.29 is 17.5 Å². The van der Waals surface area contributed by atoms with Crippen molar-refractivity contribution in [1.29, 1.82) is 5.26 Å². The lowest BCUT2D eigenvalue weighted by Gasteiger charge is -2.44. The molecular weight excluding hydrogens is 475 g/mol. The molecule has 1 fully saturated rings. The third-order valence-corrected chi connectivity index (χ3v) is 9.02. The molecule has 3 aromatic rings. The lowest BCUT2D eigenvalue weighted by atomic mass is 9.85. The molecule has 2 aliphatic rings. The summed E-state index contributed by atoms with van der Waals surface area (Å²) in [4.78, 5) is 6.54. The molecule has 1 aromatic heterocycles. The first-order valence-corrected chi connectivity index (χ1v) is 13.5. The van der Waals surface area contributed by atoms with Crippen LogP contribution in [0.15, 0.2) is 53.7 Å². The van der Waals surface area contributed by atoms with Crippen LogP contribution in [-0.2, 0) is 15.6 Å². The van der Waals surface area contributed by atoms with Gasteiger partial charge >= 0.3 is 0 Å². The van der Waals surface area contributed by atoms with E-state index >= 15 is 0 Å². The van der Waals surface area contributed by atoms with E-state index in [1.165, 1.54) is 18.5 Å². The Balaban J connectivity index is 1.46. The van der Waals surface area contributed by atoms with E-state index in [0.29, 0.717) is 23.8 Å². The van der Waals surface area contributed by atoms with Crippen LogP contribution in [0.3, 0.4) is 0 Å². The fourth-order valence-corrected chi connectivity index (χ4v) is 7.00. The van der Waals surface area contributed by atoms with Gasteiger partial charge in [-0.2, -0.15) is 9.64 Å². The van der Waals surface area contributed by atoms with Gasteiger partial charge in [-0.25, -0.2) is 17.8 Å². The number of aromatic nitrogens is 2. The smallest absolute Gasteiger partial charge is 0.185 e. The van der Waals surface area contributed by atoms with Gasteiger partial charge in [0.15, 0.2) is 9.84 Å². The number of piperidine rings is 1. The molecule has 10 heteroatoms. The van der Waals surface area contributed by atoms with Crippen LogP contribution < -0.4 is 4.74 Å². The van der Waals surface area contributed by atoms with Gasteiger partial charge in [-0.3, -0.25) is 4.90 Å². The van der Waals surface area contributed by atoms with Gasteiger partial charge in [-0.1, -0.05) is 18.2 Å². The maximum atomic E-state index is 13.6. The van der Waals surface area contributed by atoms with Gasteiger partial charge in [-0.15, -0.1) is 0 Å². The minimum atomic E-state index is -3.58. The van der Waals surface area contributed by atoms with Gasteiger partial charge in [0.05, 0.1) is 17.6 Å². The van der Waals surface area contributed by atoms with E-state index in [-0.39, 0.29) is 34.5 Å². The van der Waals surface area contributed by atoms with Crippen molar-refractivity contribution in [2.24, 2.45) is 5.92 Å². The Bertz CT molecular complexity index is 1310. The zero-order chi connectivity index (χ0) is 23.7. The molecular formula is C24H23FN4O3S2. The fraction of sp³-hybridized carbons (Fsp3) is 0.375. The number of fused-ring (bicyclic) bond motifs is 1. The number of halogens is 1. The number of hydrogen-bond acceptors (Lipinski definition) is 8. The molecule has 0 saturated carbocycles. The lowest BCUT2D eigenvalue weighted by molar-refractivity contribution is 0.0550. The van der Waals surface area contributed by atoms with E-state index in [4.69, 9.17) is 4.74 Å². The molecule has 7 nitrogen and oxygen atoms in total. The van der Waals surface area contributed by atoms with E-state index in [1.807, 2.05) is 6.07 Å². The topological polar surface area (TPSA) is 96.2 Å². The van der Waals surface area contributed by atoms with Crippen molar-refractivity contribution in [3.8, 4) is 11.8 Å². The van der Waals surface area contributed by atoms with Gasteiger partial charge in [0.1, 0.15) is 28.7 Å². The third-order valence-electron chi connectivity index (χ3n) is 6.55. The molecule has 5 rings (SSSR count). The molecule has 1 saturated heterocycles. The highest BCUT2D eigenvalue weighted by molar-refractivity contribution is 7.90. The molecule has 1 unspecified atom stereocenters. The van der Waals surface area contributed by atoms with Crippen molar-refractivity contribution in [2.75, 3.05) is 13.2 Å². The molecule has 0 N–H and O–H groups in total. The van der Waals surface area contributed by atoms with Crippen LogP contribution in [0.25, 0.3) is 0 Å². The first kappa shape index (κ1) is 22.9. The van der Waals surface area contributed by atoms with Gasteiger partial charge < -0.3 is 4.74 Å². The number of hydrogen-bond donors (Lipinski definition) is 0. The zero-order valence-corrected chi connectivity index (χ0v) is 19.9. The van der Waals surface area contributed by atoms with E-state index in [9.17, 15) is 18.1 Å². The number of sulfone groups is 1.